The number of aryl methyl sites for hydroxylation is 2. The summed E-state index contributed by atoms with van der Waals surface area (Å²) in [6, 6.07) is 21.1. The monoisotopic (exact) mass is 469 g/mol. The van der Waals surface area contributed by atoms with Crippen LogP contribution in [-0.2, 0) is 13.1 Å². The molecule has 0 fully saturated rings. The van der Waals surface area contributed by atoms with E-state index in [1.54, 1.807) is 0 Å². The fourth-order valence-corrected chi connectivity index (χ4v) is 4.34. The number of amides is 1. The van der Waals surface area contributed by atoms with Crippen molar-refractivity contribution >= 4 is 28.5 Å². The van der Waals surface area contributed by atoms with Crippen molar-refractivity contribution in [3.05, 3.63) is 112 Å². The summed E-state index contributed by atoms with van der Waals surface area (Å²) in [6.07, 6.45) is 3.98. The summed E-state index contributed by atoms with van der Waals surface area (Å²) in [6.45, 7) is 5.06. The van der Waals surface area contributed by atoms with Gasteiger partial charge in [0.1, 0.15) is 0 Å². The second kappa shape index (κ2) is 9.15. The van der Waals surface area contributed by atoms with E-state index in [0.717, 1.165) is 39.2 Å². The molecular weight excluding hydrogens is 446 g/mol. The lowest BCUT2D eigenvalue weighted by molar-refractivity contribution is 0.0951. The number of aromatic nitrogens is 4. The smallest absolute Gasteiger partial charge is 0.251 e. The molecule has 34 heavy (non-hydrogen) atoms. The zero-order valence-corrected chi connectivity index (χ0v) is 19.8. The van der Waals surface area contributed by atoms with Crippen LogP contribution in [0.25, 0.3) is 16.9 Å². The molecule has 0 unspecified atom stereocenters. The Bertz CT molecular complexity index is 1470. The largest absolute Gasteiger partial charge is 0.348 e. The lowest BCUT2D eigenvalue weighted by atomic mass is 10.1. The fraction of sp³-hybridized carbons (Fsp3) is 0.148. The standard InChI is InChI=1S/C27H24ClN5O/c1-18-14-19(2)30-25-24(18)26(32-12-3-4-13-32)31-33(25)17-20-8-10-22(11-9-20)27(34)29-16-21-6-5-7-23(28)15-21/h3-15H,16-17H2,1-2H3,(H,29,34). The molecule has 0 spiro atoms. The number of pyridine rings is 1. The van der Waals surface area contributed by atoms with Gasteiger partial charge >= 0.3 is 0 Å². The van der Waals surface area contributed by atoms with E-state index < -0.39 is 0 Å². The molecule has 0 saturated heterocycles. The Morgan fingerprint density at radius 1 is 0.971 bits per heavy atom. The Balaban J connectivity index is 1.37. The van der Waals surface area contributed by atoms with Crippen LogP contribution in [0, 0.1) is 13.8 Å². The van der Waals surface area contributed by atoms with E-state index in [-0.39, 0.29) is 5.91 Å². The maximum Gasteiger partial charge on any atom is 0.251 e. The number of benzene rings is 2. The van der Waals surface area contributed by atoms with Crippen molar-refractivity contribution in [3.63, 3.8) is 0 Å². The van der Waals surface area contributed by atoms with Gasteiger partial charge in [-0.3, -0.25) is 4.79 Å². The normalized spacial score (nSPS) is 11.1. The summed E-state index contributed by atoms with van der Waals surface area (Å²) in [5, 5.41) is 9.52. The summed E-state index contributed by atoms with van der Waals surface area (Å²) in [5.74, 6) is 0.737. The molecular formula is C27H24ClN5O. The molecule has 7 heteroatoms. The number of fused-ring (bicyclic) bond motifs is 1. The third kappa shape index (κ3) is 4.45. The number of carbonyl (C=O) groups is 1. The number of halogens is 1. The van der Waals surface area contributed by atoms with Gasteiger partial charge in [0.25, 0.3) is 5.91 Å². The van der Waals surface area contributed by atoms with Gasteiger partial charge in [-0.1, -0.05) is 35.9 Å². The van der Waals surface area contributed by atoms with E-state index in [4.69, 9.17) is 21.7 Å². The van der Waals surface area contributed by atoms with Gasteiger partial charge in [-0.2, -0.15) is 5.10 Å². The van der Waals surface area contributed by atoms with Gasteiger partial charge in [0.2, 0.25) is 0 Å². The van der Waals surface area contributed by atoms with Gasteiger partial charge in [0, 0.05) is 35.2 Å². The summed E-state index contributed by atoms with van der Waals surface area (Å²) in [5.41, 5.74) is 5.55. The van der Waals surface area contributed by atoms with Crippen molar-refractivity contribution in [2.45, 2.75) is 26.9 Å². The minimum atomic E-state index is -0.126. The van der Waals surface area contributed by atoms with E-state index in [9.17, 15) is 4.79 Å². The lowest BCUT2D eigenvalue weighted by Gasteiger charge is -2.08. The molecule has 0 saturated carbocycles. The van der Waals surface area contributed by atoms with Crippen LogP contribution in [0.4, 0.5) is 0 Å². The van der Waals surface area contributed by atoms with E-state index in [0.29, 0.717) is 23.7 Å². The second-order valence-corrected chi connectivity index (χ2v) is 8.80. The molecule has 2 aromatic carbocycles. The molecule has 1 N–H and O–H groups in total. The van der Waals surface area contributed by atoms with Crippen LogP contribution in [0.3, 0.4) is 0 Å². The van der Waals surface area contributed by atoms with Crippen molar-refractivity contribution in [1.29, 1.82) is 0 Å². The Hall–Kier alpha value is -3.90. The van der Waals surface area contributed by atoms with Crippen molar-refractivity contribution in [1.82, 2.24) is 24.6 Å². The van der Waals surface area contributed by atoms with Crippen LogP contribution in [-0.4, -0.2) is 25.2 Å². The number of nitrogens with one attached hydrogen (secondary N) is 1. The van der Waals surface area contributed by atoms with Gasteiger partial charge in [-0.25, -0.2) is 9.67 Å². The Labute approximate surface area is 202 Å². The first kappa shape index (κ1) is 21.9. The molecule has 3 aromatic heterocycles. The molecule has 0 aliphatic carbocycles. The van der Waals surface area contributed by atoms with E-state index in [2.05, 4.69) is 18.3 Å². The zero-order valence-electron chi connectivity index (χ0n) is 19.0. The fourth-order valence-electron chi connectivity index (χ4n) is 4.12. The summed E-state index contributed by atoms with van der Waals surface area (Å²) < 4.78 is 3.94. The molecule has 170 valence electrons. The van der Waals surface area contributed by atoms with Crippen molar-refractivity contribution in [2.24, 2.45) is 0 Å². The number of hydrogen-bond donors (Lipinski definition) is 1. The third-order valence-corrected chi connectivity index (χ3v) is 5.98. The van der Waals surface area contributed by atoms with Gasteiger partial charge in [0.05, 0.1) is 11.9 Å². The Kier molecular flexibility index (Phi) is 5.90. The highest BCUT2D eigenvalue weighted by atomic mass is 35.5. The van der Waals surface area contributed by atoms with Crippen LogP contribution in [0.1, 0.15) is 32.7 Å². The SMILES string of the molecule is Cc1cc(C)c2c(-n3cccc3)nn(Cc3ccc(C(=O)NCc4cccc(Cl)c4)cc3)c2n1. The van der Waals surface area contributed by atoms with Gasteiger partial charge in [-0.15, -0.1) is 0 Å². The highest BCUT2D eigenvalue weighted by Crippen LogP contribution is 2.26. The topological polar surface area (TPSA) is 64.7 Å². The molecule has 1 amide bonds. The summed E-state index contributed by atoms with van der Waals surface area (Å²) >= 11 is 6.02. The summed E-state index contributed by atoms with van der Waals surface area (Å²) in [4.78, 5) is 17.4. The van der Waals surface area contributed by atoms with Crippen LogP contribution in [0.2, 0.25) is 5.02 Å². The Morgan fingerprint density at radius 2 is 1.74 bits per heavy atom. The van der Waals surface area contributed by atoms with Crippen molar-refractivity contribution < 1.29 is 4.79 Å². The number of hydrogen-bond acceptors (Lipinski definition) is 3. The quantitative estimate of drug-likeness (QED) is 0.358. The van der Waals surface area contributed by atoms with Gasteiger partial charge < -0.3 is 9.88 Å². The van der Waals surface area contributed by atoms with E-state index in [1.807, 2.05) is 89.2 Å². The first-order valence-corrected chi connectivity index (χ1v) is 11.5. The van der Waals surface area contributed by atoms with Crippen LogP contribution in [0.5, 0.6) is 0 Å². The number of rotatable bonds is 6. The van der Waals surface area contributed by atoms with E-state index >= 15 is 0 Å². The summed E-state index contributed by atoms with van der Waals surface area (Å²) in [7, 11) is 0. The highest BCUT2D eigenvalue weighted by Gasteiger charge is 2.16. The van der Waals surface area contributed by atoms with Crippen molar-refractivity contribution in [2.75, 3.05) is 0 Å². The van der Waals surface area contributed by atoms with Gasteiger partial charge in [0.15, 0.2) is 11.5 Å². The van der Waals surface area contributed by atoms with Crippen molar-refractivity contribution in [3.8, 4) is 5.82 Å². The first-order chi connectivity index (χ1) is 16.5. The van der Waals surface area contributed by atoms with E-state index in [1.165, 1.54) is 0 Å². The number of carbonyl (C=O) groups excluding carboxylic acids is 1. The second-order valence-electron chi connectivity index (χ2n) is 8.36. The number of nitrogens with zero attached hydrogens (tertiary/aromatic N) is 4. The maximum absolute atomic E-state index is 12.6. The molecule has 0 bridgehead atoms. The first-order valence-electron chi connectivity index (χ1n) is 11.1. The predicted octanol–water partition coefficient (Wildman–Crippen LogP) is 5.47. The molecule has 0 radical (unpaired) electrons. The molecule has 5 rings (SSSR count). The molecule has 5 aromatic rings. The van der Waals surface area contributed by atoms with Crippen LogP contribution >= 0.6 is 11.6 Å². The van der Waals surface area contributed by atoms with Crippen LogP contribution < -0.4 is 5.32 Å². The minimum absolute atomic E-state index is 0.126. The zero-order chi connectivity index (χ0) is 23.7. The highest BCUT2D eigenvalue weighted by molar-refractivity contribution is 6.30. The van der Waals surface area contributed by atoms with Crippen LogP contribution in [0.15, 0.2) is 79.1 Å². The maximum atomic E-state index is 12.6. The molecule has 0 aliphatic heterocycles. The molecule has 0 atom stereocenters. The molecule has 0 aliphatic rings. The average Bonchev–Trinajstić information content (AvgIpc) is 3.47. The molecule has 6 nitrogen and oxygen atoms in total. The Morgan fingerprint density at radius 3 is 2.47 bits per heavy atom. The minimum Gasteiger partial charge on any atom is -0.348 e. The predicted molar refractivity (Wildman–Crippen MR) is 134 cm³/mol. The third-order valence-electron chi connectivity index (χ3n) is 5.75. The average molecular weight is 470 g/mol. The lowest BCUT2D eigenvalue weighted by Crippen LogP contribution is -2.22. The van der Waals surface area contributed by atoms with Gasteiger partial charge in [-0.05, 0) is 73.0 Å². The molecule has 3 heterocycles.